The first-order valence-corrected chi connectivity index (χ1v) is 8.51. The fourth-order valence-corrected chi connectivity index (χ4v) is 2.78. The van der Waals surface area contributed by atoms with E-state index >= 15 is 0 Å². The number of aromatic nitrogens is 3. The number of nitrogens with one attached hydrogen (secondary N) is 1. The lowest BCUT2D eigenvalue weighted by Crippen LogP contribution is -2.34. The highest BCUT2D eigenvalue weighted by Crippen LogP contribution is 2.18. The van der Waals surface area contributed by atoms with Crippen LogP contribution in [0.3, 0.4) is 0 Å². The Kier molecular flexibility index (Phi) is 5.39. The predicted molar refractivity (Wildman–Crippen MR) is 98.6 cm³/mol. The van der Waals surface area contributed by atoms with Gasteiger partial charge in [0.25, 0.3) is 5.91 Å². The highest BCUT2D eigenvalue weighted by Gasteiger charge is 2.21. The smallest absolute Gasteiger partial charge is 0.273 e. The van der Waals surface area contributed by atoms with E-state index in [0.717, 1.165) is 5.76 Å². The van der Waals surface area contributed by atoms with Crippen LogP contribution < -0.4 is 5.32 Å². The first-order chi connectivity index (χ1) is 12.5. The number of likely N-dealkylation sites (N-methyl/N-ethyl adjacent to an activating group) is 1. The molecule has 1 atom stereocenters. The molecule has 1 N–H and O–H groups in total. The number of carbonyl (C=O) groups excluding carboxylic acids is 1. The number of rotatable bonds is 6. The summed E-state index contributed by atoms with van der Waals surface area (Å²) < 4.78 is 5.45. The van der Waals surface area contributed by atoms with E-state index < -0.39 is 0 Å². The molecule has 8 heteroatoms. The highest BCUT2D eigenvalue weighted by molar-refractivity contribution is 6.30. The van der Waals surface area contributed by atoms with Crippen LogP contribution >= 0.6 is 11.6 Å². The predicted octanol–water partition coefficient (Wildman–Crippen LogP) is 2.85. The average molecular weight is 374 g/mol. The van der Waals surface area contributed by atoms with E-state index in [2.05, 4.69) is 15.5 Å². The van der Waals surface area contributed by atoms with Gasteiger partial charge in [0.15, 0.2) is 5.69 Å². The van der Waals surface area contributed by atoms with Crippen molar-refractivity contribution in [1.82, 2.24) is 25.2 Å². The van der Waals surface area contributed by atoms with E-state index in [1.54, 1.807) is 31.4 Å². The van der Waals surface area contributed by atoms with Crippen molar-refractivity contribution in [1.29, 1.82) is 0 Å². The van der Waals surface area contributed by atoms with Crippen LogP contribution in [0.25, 0.3) is 5.69 Å². The van der Waals surface area contributed by atoms with Crippen LogP contribution in [0.4, 0.5) is 0 Å². The molecule has 7 nitrogen and oxygen atoms in total. The van der Waals surface area contributed by atoms with Crippen molar-refractivity contribution in [2.45, 2.75) is 13.0 Å². The molecule has 3 aromatic rings. The Labute approximate surface area is 156 Å². The molecule has 0 bridgehead atoms. The van der Waals surface area contributed by atoms with Crippen molar-refractivity contribution in [2.75, 3.05) is 20.6 Å². The van der Waals surface area contributed by atoms with Gasteiger partial charge in [-0.15, -0.1) is 5.10 Å². The molecule has 0 spiro atoms. The number of carbonyl (C=O) groups is 1. The Morgan fingerprint density at radius 1 is 1.31 bits per heavy atom. The number of benzene rings is 1. The van der Waals surface area contributed by atoms with Gasteiger partial charge in [0.2, 0.25) is 0 Å². The second kappa shape index (κ2) is 7.72. The topological polar surface area (TPSA) is 76.2 Å². The summed E-state index contributed by atoms with van der Waals surface area (Å²) in [4.78, 5) is 16.0. The molecule has 136 valence electrons. The summed E-state index contributed by atoms with van der Waals surface area (Å²) in [5.74, 6) is 0.504. The maximum absolute atomic E-state index is 12.6. The van der Waals surface area contributed by atoms with Crippen LogP contribution in [0.2, 0.25) is 5.02 Å². The minimum Gasteiger partial charge on any atom is -0.468 e. The van der Waals surface area contributed by atoms with Crippen molar-refractivity contribution >= 4 is 17.5 Å². The van der Waals surface area contributed by atoms with Gasteiger partial charge < -0.3 is 9.73 Å². The molecule has 0 aliphatic carbocycles. The van der Waals surface area contributed by atoms with Crippen molar-refractivity contribution in [3.05, 3.63) is 64.8 Å². The molecule has 0 aliphatic heterocycles. The number of hydrogen-bond donors (Lipinski definition) is 1. The second-order valence-electron chi connectivity index (χ2n) is 6.11. The molecular weight excluding hydrogens is 354 g/mol. The zero-order chi connectivity index (χ0) is 18.7. The molecule has 2 heterocycles. The molecule has 0 saturated heterocycles. The summed E-state index contributed by atoms with van der Waals surface area (Å²) in [6, 6.07) is 10.8. The number of amides is 1. The van der Waals surface area contributed by atoms with Crippen LogP contribution in [-0.4, -0.2) is 46.4 Å². The van der Waals surface area contributed by atoms with Crippen molar-refractivity contribution in [3.8, 4) is 5.69 Å². The molecule has 0 saturated carbocycles. The number of nitrogens with zero attached hydrogens (tertiary/aromatic N) is 4. The summed E-state index contributed by atoms with van der Waals surface area (Å²) >= 11 is 6.01. The van der Waals surface area contributed by atoms with Gasteiger partial charge in [0.1, 0.15) is 5.76 Å². The zero-order valence-corrected chi connectivity index (χ0v) is 15.6. The first-order valence-electron chi connectivity index (χ1n) is 8.13. The normalized spacial score (nSPS) is 12.3. The highest BCUT2D eigenvalue weighted by atomic mass is 35.5. The third-order valence-electron chi connectivity index (χ3n) is 3.99. The Bertz CT molecular complexity index is 889. The lowest BCUT2D eigenvalue weighted by atomic mass is 10.2. The lowest BCUT2D eigenvalue weighted by molar-refractivity contribution is 0.0933. The minimum absolute atomic E-state index is 0.0720. The Balaban J connectivity index is 1.74. The number of hydrogen-bond acceptors (Lipinski definition) is 5. The Morgan fingerprint density at radius 3 is 2.77 bits per heavy atom. The summed E-state index contributed by atoms with van der Waals surface area (Å²) in [5.41, 5.74) is 1.52. The van der Waals surface area contributed by atoms with Gasteiger partial charge in [0, 0.05) is 11.6 Å². The molecule has 1 unspecified atom stereocenters. The number of halogens is 1. The molecule has 3 rings (SSSR count). The molecule has 0 radical (unpaired) electrons. The van der Waals surface area contributed by atoms with Crippen LogP contribution in [0.15, 0.2) is 47.1 Å². The van der Waals surface area contributed by atoms with Gasteiger partial charge in [-0.3, -0.25) is 9.69 Å². The van der Waals surface area contributed by atoms with Crippen LogP contribution in [-0.2, 0) is 0 Å². The zero-order valence-electron chi connectivity index (χ0n) is 14.8. The quantitative estimate of drug-likeness (QED) is 0.719. The lowest BCUT2D eigenvalue weighted by Gasteiger charge is -2.22. The Hall–Kier alpha value is -2.64. The fourth-order valence-electron chi connectivity index (χ4n) is 2.60. The minimum atomic E-state index is -0.283. The molecule has 2 aromatic heterocycles. The monoisotopic (exact) mass is 373 g/mol. The standard InChI is InChI=1S/C18H20ClN5O2/c1-12-17(22-24(21-12)14-7-4-6-13(19)10-14)18(25)20-11-15(23(2)3)16-8-5-9-26-16/h4-10,15H,11H2,1-3H3,(H,20,25). The maximum atomic E-state index is 12.6. The average Bonchev–Trinajstić information content (AvgIpc) is 3.24. The van der Waals surface area contributed by atoms with Gasteiger partial charge in [-0.2, -0.15) is 9.90 Å². The largest absolute Gasteiger partial charge is 0.468 e. The van der Waals surface area contributed by atoms with E-state index in [0.29, 0.717) is 22.9 Å². The second-order valence-corrected chi connectivity index (χ2v) is 6.54. The number of furan rings is 1. The number of aryl methyl sites for hydroxylation is 1. The van der Waals surface area contributed by atoms with E-state index in [9.17, 15) is 4.79 Å². The van der Waals surface area contributed by atoms with E-state index in [1.165, 1.54) is 4.80 Å². The van der Waals surface area contributed by atoms with E-state index in [4.69, 9.17) is 16.0 Å². The molecular formula is C18H20ClN5O2. The summed E-state index contributed by atoms with van der Waals surface area (Å²) in [6.07, 6.45) is 1.62. The molecule has 26 heavy (non-hydrogen) atoms. The van der Waals surface area contributed by atoms with Gasteiger partial charge in [-0.25, -0.2) is 0 Å². The Morgan fingerprint density at radius 2 is 2.12 bits per heavy atom. The third kappa shape index (κ3) is 3.95. The van der Waals surface area contributed by atoms with Crippen molar-refractivity contribution < 1.29 is 9.21 Å². The van der Waals surface area contributed by atoms with Crippen LogP contribution in [0.5, 0.6) is 0 Å². The SMILES string of the molecule is Cc1nn(-c2cccc(Cl)c2)nc1C(=O)NCC(c1ccco1)N(C)C. The van der Waals surface area contributed by atoms with Gasteiger partial charge in [0.05, 0.1) is 23.7 Å². The van der Waals surface area contributed by atoms with Gasteiger partial charge >= 0.3 is 0 Å². The van der Waals surface area contributed by atoms with Gasteiger partial charge in [-0.05, 0) is 51.4 Å². The summed E-state index contributed by atoms with van der Waals surface area (Å²) in [5, 5.41) is 12.1. The summed E-state index contributed by atoms with van der Waals surface area (Å²) in [7, 11) is 3.86. The molecule has 1 aromatic carbocycles. The van der Waals surface area contributed by atoms with E-state index in [1.807, 2.05) is 37.2 Å². The molecule has 0 aliphatic rings. The third-order valence-corrected chi connectivity index (χ3v) is 4.22. The summed E-state index contributed by atoms with van der Waals surface area (Å²) in [6.45, 7) is 2.14. The molecule has 1 amide bonds. The molecule has 0 fully saturated rings. The van der Waals surface area contributed by atoms with Crippen LogP contribution in [0, 0.1) is 6.92 Å². The van der Waals surface area contributed by atoms with E-state index in [-0.39, 0.29) is 17.6 Å². The maximum Gasteiger partial charge on any atom is 0.273 e. The van der Waals surface area contributed by atoms with Crippen molar-refractivity contribution in [3.63, 3.8) is 0 Å². The first kappa shape index (κ1) is 18.2. The van der Waals surface area contributed by atoms with Crippen molar-refractivity contribution in [2.24, 2.45) is 0 Å². The fraction of sp³-hybridized carbons (Fsp3) is 0.278. The van der Waals surface area contributed by atoms with Crippen LogP contribution in [0.1, 0.15) is 28.0 Å². The van der Waals surface area contributed by atoms with Gasteiger partial charge in [-0.1, -0.05) is 17.7 Å².